The summed E-state index contributed by atoms with van der Waals surface area (Å²) in [4.78, 5) is 0. The van der Waals surface area contributed by atoms with Crippen LogP contribution in [0.3, 0.4) is 0 Å². The third-order valence-electron chi connectivity index (χ3n) is 2.13. The topological polar surface area (TPSA) is 49.4 Å². The van der Waals surface area contributed by atoms with Crippen LogP contribution in [0.5, 0.6) is 0 Å². The fourth-order valence-electron chi connectivity index (χ4n) is 1.61. The maximum absolute atomic E-state index is 11.1. The zero-order chi connectivity index (χ0) is 7.19. The van der Waals surface area contributed by atoms with E-state index in [0.717, 1.165) is 12.8 Å². The van der Waals surface area contributed by atoms with Crippen LogP contribution in [0, 0.1) is 0 Å². The van der Waals surface area contributed by atoms with Crippen LogP contribution in [0.25, 0.3) is 0 Å². The van der Waals surface area contributed by atoms with Crippen LogP contribution in [-0.2, 0) is 10.2 Å². The van der Waals surface area contributed by atoms with Gasteiger partial charge in [0.15, 0.2) is 0 Å². The molecule has 2 rings (SSSR count). The van der Waals surface area contributed by atoms with Gasteiger partial charge in [0.25, 0.3) is 10.2 Å². The maximum atomic E-state index is 11.1. The molecule has 10 heavy (non-hydrogen) atoms. The highest BCUT2D eigenvalue weighted by Gasteiger charge is 2.39. The zero-order valence-corrected chi connectivity index (χ0v) is 6.39. The van der Waals surface area contributed by atoms with E-state index in [-0.39, 0.29) is 6.04 Å². The average molecular weight is 162 g/mol. The predicted molar refractivity (Wildman–Crippen MR) is 36.7 cm³/mol. The Morgan fingerprint density at radius 2 is 2.30 bits per heavy atom. The smallest absolute Gasteiger partial charge is 0.200 e. The number of fused-ring (bicyclic) bond motifs is 1. The predicted octanol–water partition coefficient (Wildman–Crippen LogP) is -0.701. The lowest BCUT2D eigenvalue weighted by atomic mass is 10.2. The number of nitrogens with one attached hydrogen (secondary N) is 1. The molecule has 0 aromatic rings. The van der Waals surface area contributed by atoms with E-state index in [0.29, 0.717) is 13.1 Å². The first-order valence-electron chi connectivity index (χ1n) is 3.46. The molecular weight excluding hydrogens is 152 g/mol. The van der Waals surface area contributed by atoms with Gasteiger partial charge in [-0.3, -0.25) is 0 Å². The summed E-state index contributed by atoms with van der Waals surface area (Å²) in [5, 5.41) is 0. The van der Waals surface area contributed by atoms with E-state index in [1.807, 2.05) is 0 Å². The summed E-state index contributed by atoms with van der Waals surface area (Å²) in [6, 6.07) is 0.255. The second kappa shape index (κ2) is 1.93. The van der Waals surface area contributed by atoms with E-state index < -0.39 is 10.2 Å². The Morgan fingerprint density at radius 3 is 3.00 bits per heavy atom. The molecule has 2 aliphatic heterocycles. The fraction of sp³-hybridized carbons (Fsp3) is 1.00. The van der Waals surface area contributed by atoms with Crippen molar-refractivity contribution in [3.63, 3.8) is 0 Å². The van der Waals surface area contributed by atoms with Crippen molar-refractivity contribution >= 4 is 10.2 Å². The lowest BCUT2D eigenvalue weighted by Gasteiger charge is -2.09. The van der Waals surface area contributed by atoms with Gasteiger partial charge in [0.1, 0.15) is 0 Å². The van der Waals surface area contributed by atoms with Crippen molar-refractivity contribution in [2.24, 2.45) is 0 Å². The molecule has 0 amide bonds. The average Bonchev–Trinajstić information content (AvgIpc) is 2.36. The molecule has 0 spiro atoms. The number of rotatable bonds is 0. The summed E-state index contributed by atoms with van der Waals surface area (Å²) >= 11 is 0. The van der Waals surface area contributed by atoms with Gasteiger partial charge in [0.05, 0.1) is 0 Å². The van der Waals surface area contributed by atoms with Gasteiger partial charge in [-0.1, -0.05) is 0 Å². The summed E-state index contributed by atoms with van der Waals surface area (Å²) in [5.41, 5.74) is 0. The lowest BCUT2D eigenvalue weighted by molar-refractivity contribution is 0.432. The molecule has 5 heteroatoms. The third kappa shape index (κ3) is 0.777. The first kappa shape index (κ1) is 6.57. The molecule has 0 aromatic heterocycles. The van der Waals surface area contributed by atoms with Crippen LogP contribution >= 0.6 is 0 Å². The molecule has 4 nitrogen and oxygen atoms in total. The molecule has 2 fully saturated rings. The molecule has 0 radical (unpaired) electrons. The summed E-state index contributed by atoms with van der Waals surface area (Å²) in [6.45, 7) is 1.32. The van der Waals surface area contributed by atoms with E-state index in [1.165, 1.54) is 0 Å². The molecule has 2 saturated heterocycles. The van der Waals surface area contributed by atoms with Gasteiger partial charge in [-0.05, 0) is 12.8 Å². The molecule has 2 aliphatic rings. The van der Waals surface area contributed by atoms with Gasteiger partial charge >= 0.3 is 0 Å². The van der Waals surface area contributed by atoms with Crippen LogP contribution < -0.4 is 4.72 Å². The highest BCUT2D eigenvalue weighted by Crippen LogP contribution is 2.23. The second-order valence-electron chi connectivity index (χ2n) is 2.76. The third-order valence-corrected chi connectivity index (χ3v) is 3.76. The Morgan fingerprint density at radius 1 is 1.50 bits per heavy atom. The molecule has 0 aromatic carbocycles. The molecule has 0 unspecified atom stereocenters. The normalized spacial score (nSPS) is 38.2. The monoisotopic (exact) mass is 162 g/mol. The highest BCUT2D eigenvalue weighted by atomic mass is 32.2. The van der Waals surface area contributed by atoms with Gasteiger partial charge in [-0.15, -0.1) is 0 Å². The molecular formula is C5H10N2O2S. The van der Waals surface area contributed by atoms with Gasteiger partial charge in [0, 0.05) is 19.1 Å². The van der Waals surface area contributed by atoms with Crippen LogP contribution in [0.1, 0.15) is 12.8 Å². The van der Waals surface area contributed by atoms with Crippen LogP contribution in [0.4, 0.5) is 0 Å². The first-order valence-corrected chi connectivity index (χ1v) is 4.90. The van der Waals surface area contributed by atoms with E-state index in [1.54, 1.807) is 4.31 Å². The van der Waals surface area contributed by atoms with Gasteiger partial charge in [-0.25, -0.2) is 4.72 Å². The largest absolute Gasteiger partial charge is 0.279 e. The number of nitrogens with zero attached hydrogens (tertiary/aromatic N) is 1. The Balaban J connectivity index is 2.32. The van der Waals surface area contributed by atoms with Gasteiger partial charge in [-0.2, -0.15) is 12.7 Å². The molecule has 0 saturated carbocycles. The van der Waals surface area contributed by atoms with Crippen molar-refractivity contribution in [3.8, 4) is 0 Å². The number of hydrogen-bond acceptors (Lipinski definition) is 2. The lowest BCUT2D eigenvalue weighted by Crippen LogP contribution is -2.29. The maximum Gasteiger partial charge on any atom is 0.279 e. The fourth-order valence-corrected chi connectivity index (χ4v) is 3.12. The van der Waals surface area contributed by atoms with E-state index in [2.05, 4.69) is 4.72 Å². The first-order chi connectivity index (χ1) is 4.70. The SMILES string of the molecule is O=S1(=O)NC[C@H]2CCCN21. The minimum Gasteiger partial charge on any atom is -0.200 e. The summed E-state index contributed by atoms with van der Waals surface area (Å²) in [7, 11) is -3.04. The van der Waals surface area contributed by atoms with Crippen LogP contribution in [-0.4, -0.2) is 31.9 Å². The quantitative estimate of drug-likeness (QED) is 0.512. The molecule has 0 bridgehead atoms. The zero-order valence-electron chi connectivity index (χ0n) is 5.58. The molecule has 0 aliphatic carbocycles. The van der Waals surface area contributed by atoms with Crippen molar-refractivity contribution in [2.75, 3.05) is 13.1 Å². The summed E-state index contributed by atoms with van der Waals surface area (Å²) in [6.07, 6.45) is 2.04. The van der Waals surface area contributed by atoms with Crippen LogP contribution in [0.2, 0.25) is 0 Å². The minimum atomic E-state index is -3.04. The second-order valence-corrected chi connectivity index (χ2v) is 4.47. The van der Waals surface area contributed by atoms with E-state index in [9.17, 15) is 8.42 Å². The van der Waals surface area contributed by atoms with Crippen molar-refractivity contribution < 1.29 is 8.42 Å². The minimum absolute atomic E-state index is 0.255. The van der Waals surface area contributed by atoms with Crippen molar-refractivity contribution in [3.05, 3.63) is 0 Å². The van der Waals surface area contributed by atoms with Crippen molar-refractivity contribution in [1.82, 2.24) is 9.03 Å². The summed E-state index contributed by atoms with van der Waals surface area (Å²) in [5.74, 6) is 0. The van der Waals surface area contributed by atoms with E-state index >= 15 is 0 Å². The Labute approximate surface area is 60.4 Å². The molecule has 1 atom stereocenters. The summed E-state index contributed by atoms with van der Waals surface area (Å²) < 4.78 is 26.2. The van der Waals surface area contributed by atoms with Crippen molar-refractivity contribution in [2.45, 2.75) is 18.9 Å². The standard InChI is InChI=1S/C5H10N2O2S/c8-10(9)6-4-5-2-1-3-7(5)10/h5-6H,1-4H2/t5-/m1/s1. The van der Waals surface area contributed by atoms with Gasteiger partial charge < -0.3 is 0 Å². The number of hydrogen-bond donors (Lipinski definition) is 1. The van der Waals surface area contributed by atoms with E-state index in [4.69, 9.17) is 0 Å². The Kier molecular flexibility index (Phi) is 1.27. The highest BCUT2D eigenvalue weighted by molar-refractivity contribution is 7.87. The van der Waals surface area contributed by atoms with Crippen LogP contribution in [0.15, 0.2) is 0 Å². The van der Waals surface area contributed by atoms with Gasteiger partial charge in [0.2, 0.25) is 0 Å². The Bertz CT molecular complexity index is 236. The molecule has 58 valence electrons. The molecule has 1 N–H and O–H groups in total. The van der Waals surface area contributed by atoms with Crippen molar-refractivity contribution in [1.29, 1.82) is 0 Å². The molecule has 2 heterocycles. The Hall–Kier alpha value is -0.130.